The summed E-state index contributed by atoms with van der Waals surface area (Å²) >= 11 is 0. The minimum absolute atomic E-state index is 0.390. The van der Waals surface area contributed by atoms with E-state index in [1.54, 1.807) is 0 Å². The van der Waals surface area contributed by atoms with Gasteiger partial charge in [-0.05, 0) is 67.6 Å². The number of aromatic nitrogens is 3. The van der Waals surface area contributed by atoms with Crippen LogP contribution in [0.4, 0.5) is 0 Å². The highest BCUT2D eigenvalue weighted by molar-refractivity contribution is 6.05. The van der Waals surface area contributed by atoms with E-state index < -0.39 is 0 Å². The van der Waals surface area contributed by atoms with Crippen molar-refractivity contribution >= 4 is 33.1 Å². The number of rotatable bonds is 4. The highest BCUT2D eigenvalue weighted by atomic mass is 16.3. The second-order valence-electron chi connectivity index (χ2n) is 10.9. The van der Waals surface area contributed by atoms with Crippen LogP contribution in [0.1, 0.15) is 61.9 Å². The minimum Gasteiger partial charge on any atom is -0.438 e. The van der Waals surface area contributed by atoms with Gasteiger partial charge in [0, 0.05) is 27.6 Å². The Morgan fingerprint density at radius 2 is 1.51 bits per heavy atom. The van der Waals surface area contributed by atoms with Crippen LogP contribution in [0.15, 0.2) is 71.1 Å². The summed E-state index contributed by atoms with van der Waals surface area (Å²) in [6.07, 6.45) is 0. The highest BCUT2D eigenvalue weighted by Gasteiger charge is 2.31. The molecule has 6 rings (SSSR count). The number of fused-ring (bicyclic) bond motifs is 4. The Balaban J connectivity index is 1.75. The standard InChI is InChI=1S/C33H34N3O/c1-19(2)23-11-10-12-24(20(3)4)31(23)36-29-14-9-8-13-28(29)35(7)33(36)26-18-30-27(17-21(26)5)25-16-15-22(6)34-32(25)37-30/h8-20H,1-7H3/q+1. The molecular weight excluding hydrogens is 454 g/mol. The van der Waals surface area contributed by atoms with Crippen molar-refractivity contribution in [2.75, 3.05) is 0 Å². The van der Waals surface area contributed by atoms with E-state index >= 15 is 0 Å². The Morgan fingerprint density at radius 3 is 2.22 bits per heavy atom. The first-order valence-corrected chi connectivity index (χ1v) is 13.2. The van der Waals surface area contributed by atoms with Crippen LogP contribution in [0, 0.1) is 13.8 Å². The fourth-order valence-corrected chi connectivity index (χ4v) is 5.76. The van der Waals surface area contributed by atoms with E-state index in [1.807, 2.05) is 6.92 Å². The Bertz CT molecular complexity index is 1790. The van der Waals surface area contributed by atoms with Crippen molar-refractivity contribution in [1.82, 2.24) is 9.55 Å². The highest BCUT2D eigenvalue weighted by Crippen LogP contribution is 2.39. The Hall–Kier alpha value is -3.92. The van der Waals surface area contributed by atoms with Crippen molar-refractivity contribution in [2.24, 2.45) is 7.05 Å². The van der Waals surface area contributed by atoms with Crippen LogP contribution in [0.25, 0.3) is 50.2 Å². The molecule has 0 bridgehead atoms. The fraction of sp³-hybridized carbons (Fsp3) is 0.273. The number of pyridine rings is 1. The second-order valence-corrected chi connectivity index (χ2v) is 10.9. The average Bonchev–Trinajstić information content (AvgIpc) is 3.36. The van der Waals surface area contributed by atoms with E-state index in [0.717, 1.165) is 33.4 Å². The number of para-hydroxylation sites is 3. The van der Waals surface area contributed by atoms with Crippen LogP contribution in [0.3, 0.4) is 0 Å². The molecule has 0 saturated carbocycles. The molecule has 4 nitrogen and oxygen atoms in total. The maximum absolute atomic E-state index is 6.30. The molecule has 0 fully saturated rings. The molecule has 0 spiro atoms. The summed E-state index contributed by atoms with van der Waals surface area (Å²) in [5.41, 5.74) is 11.3. The van der Waals surface area contributed by atoms with E-state index in [9.17, 15) is 0 Å². The van der Waals surface area contributed by atoms with Crippen molar-refractivity contribution in [3.8, 4) is 17.1 Å². The van der Waals surface area contributed by atoms with Crippen molar-refractivity contribution in [3.63, 3.8) is 0 Å². The van der Waals surface area contributed by atoms with Crippen molar-refractivity contribution in [2.45, 2.75) is 53.4 Å². The van der Waals surface area contributed by atoms with Gasteiger partial charge in [0.15, 0.2) is 11.0 Å². The summed E-state index contributed by atoms with van der Waals surface area (Å²) in [7, 11) is 2.17. The first kappa shape index (κ1) is 23.5. The molecule has 0 saturated heterocycles. The molecule has 0 aliphatic rings. The second kappa shape index (κ2) is 8.58. The number of hydrogen-bond donors (Lipinski definition) is 0. The zero-order chi connectivity index (χ0) is 26.0. The van der Waals surface area contributed by atoms with Gasteiger partial charge >= 0.3 is 0 Å². The van der Waals surface area contributed by atoms with E-state index in [1.165, 1.54) is 33.4 Å². The summed E-state index contributed by atoms with van der Waals surface area (Å²) in [4.78, 5) is 4.65. The lowest BCUT2D eigenvalue weighted by Crippen LogP contribution is -2.30. The van der Waals surface area contributed by atoms with Gasteiger partial charge in [0.05, 0.1) is 12.6 Å². The van der Waals surface area contributed by atoms with Gasteiger partial charge in [-0.25, -0.2) is 9.55 Å². The van der Waals surface area contributed by atoms with Crippen molar-refractivity contribution < 1.29 is 8.98 Å². The maximum Gasteiger partial charge on any atom is 0.295 e. The van der Waals surface area contributed by atoms with Gasteiger partial charge < -0.3 is 4.42 Å². The SMILES string of the molecule is Cc1ccc2c(n1)oc1cc(-c3n(-c4c(C(C)C)cccc4C(C)C)c4ccccc4[n+]3C)c(C)cc12. The van der Waals surface area contributed by atoms with Crippen LogP contribution in [-0.4, -0.2) is 9.55 Å². The zero-order valence-corrected chi connectivity index (χ0v) is 22.8. The lowest BCUT2D eigenvalue weighted by atomic mass is 9.92. The van der Waals surface area contributed by atoms with Crippen LogP contribution in [0.2, 0.25) is 0 Å². The van der Waals surface area contributed by atoms with Gasteiger partial charge in [0.2, 0.25) is 5.71 Å². The fourth-order valence-electron chi connectivity index (χ4n) is 5.76. The summed E-state index contributed by atoms with van der Waals surface area (Å²) in [6.45, 7) is 13.4. The molecule has 3 heterocycles. The number of nitrogens with zero attached hydrogens (tertiary/aromatic N) is 3. The quantitative estimate of drug-likeness (QED) is 0.234. The predicted molar refractivity (Wildman–Crippen MR) is 153 cm³/mol. The third kappa shape index (κ3) is 3.58. The summed E-state index contributed by atoms with van der Waals surface area (Å²) in [6, 6.07) is 24.1. The molecule has 0 amide bonds. The molecule has 0 radical (unpaired) electrons. The first-order valence-electron chi connectivity index (χ1n) is 13.2. The molecule has 0 unspecified atom stereocenters. The summed E-state index contributed by atoms with van der Waals surface area (Å²) < 4.78 is 11.1. The molecule has 0 aliphatic heterocycles. The van der Waals surface area contributed by atoms with Gasteiger partial charge in [0.1, 0.15) is 11.3 Å². The summed E-state index contributed by atoms with van der Waals surface area (Å²) in [5, 5.41) is 2.17. The van der Waals surface area contributed by atoms with Crippen LogP contribution in [-0.2, 0) is 7.05 Å². The predicted octanol–water partition coefficient (Wildman–Crippen LogP) is 8.28. The Labute approximate surface area is 218 Å². The van der Waals surface area contributed by atoms with E-state index in [2.05, 4.69) is 123 Å². The lowest BCUT2D eigenvalue weighted by Gasteiger charge is -2.18. The number of aryl methyl sites for hydroxylation is 3. The smallest absolute Gasteiger partial charge is 0.295 e. The molecule has 0 N–H and O–H groups in total. The summed E-state index contributed by atoms with van der Waals surface area (Å²) in [5.74, 6) is 1.93. The Morgan fingerprint density at radius 1 is 0.811 bits per heavy atom. The van der Waals surface area contributed by atoms with Crippen molar-refractivity contribution in [1.29, 1.82) is 0 Å². The number of benzene rings is 3. The molecule has 37 heavy (non-hydrogen) atoms. The molecule has 0 atom stereocenters. The van der Waals surface area contributed by atoms with Gasteiger partial charge in [-0.3, -0.25) is 0 Å². The van der Waals surface area contributed by atoms with Gasteiger partial charge in [0.25, 0.3) is 5.82 Å². The van der Waals surface area contributed by atoms with Crippen LogP contribution >= 0.6 is 0 Å². The van der Waals surface area contributed by atoms with E-state index in [4.69, 9.17) is 4.42 Å². The minimum atomic E-state index is 0.390. The average molecular weight is 489 g/mol. The number of imidazole rings is 1. The number of furan rings is 1. The van der Waals surface area contributed by atoms with E-state index in [0.29, 0.717) is 17.5 Å². The topological polar surface area (TPSA) is 34.8 Å². The van der Waals surface area contributed by atoms with Crippen molar-refractivity contribution in [3.05, 3.63) is 89.1 Å². The number of hydrogen-bond acceptors (Lipinski definition) is 2. The lowest BCUT2D eigenvalue weighted by molar-refractivity contribution is -0.633. The third-order valence-corrected chi connectivity index (χ3v) is 7.64. The van der Waals surface area contributed by atoms with E-state index in [-0.39, 0.29) is 0 Å². The molecule has 3 aromatic heterocycles. The van der Waals surface area contributed by atoms with Crippen LogP contribution < -0.4 is 4.57 Å². The zero-order valence-electron chi connectivity index (χ0n) is 22.8. The monoisotopic (exact) mass is 488 g/mol. The maximum atomic E-state index is 6.30. The molecule has 6 aromatic rings. The molecule has 3 aromatic carbocycles. The molecule has 4 heteroatoms. The largest absolute Gasteiger partial charge is 0.438 e. The van der Waals surface area contributed by atoms with Gasteiger partial charge in [-0.15, -0.1) is 0 Å². The molecule has 186 valence electrons. The van der Waals surface area contributed by atoms with Gasteiger partial charge in [-0.1, -0.05) is 58.0 Å². The van der Waals surface area contributed by atoms with Gasteiger partial charge in [-0.2, -0.15) is 4.57 Å². The van der Waals surface area contributed by atoms with Crippen LogP contribution in [0.5, 0.6) is 0 Å². The normalized spacial score (nSPS) is 12.1. The first-order chi connectivity index (χ1) is 17.8. The molecular formula is C33H34N3O+. The molecule has 0 aliphatic carbocycles. The Kier molecular flexibility index (Phi) is 5.45. The third-order valence-electron chi connectivity index (χ3n) is 7.64.